The molecule has 0 bridgehead atoms. The van der Waals surface area contributed by atoms with Gasteiger partial charge in [-0.2, -0.15) is 0 Å². The molecule has 2 aliphatic rings. The van der Waals surface area contributed by atoms with E-state index >= 15 is 0 Å². The topological polar surface area (TPSA) is 50.4 Å². The summed E-state index contributed by atoms with van der Waals surface area (Å²) in [6.07, 6.45) is 5.27. The molecule has 4 rings (SSSR count). The van der Waals surface area contributed by atoms with E-state index in [1.807, 2.05) is 13.0 Å². The van der Waals surface area contributed by atoms with E-state index < -0.39 is 0 Å². The summed E-state index contributed by atoms with van der Waals surface area (Å²) in [6, 6.07) is 8.34. The minimum absolute atomic E-state index is 0.196. The Morgan fingerprint density at radius 2 is 2.12 bits per heavy atom. The van der Waals surface area contributed by atoms with Crippen molar-refractivity contribution in [3.63, 3.8) is 0 Å². The van der Waals surface area contributed by atoms with Crippen LogP contribution in [0.2, 0.25) is 0 Å². The normalized spacial score (nSPS) is 20.9. The van der Waals surface area contributed by atoms with Gasteiger partial charge in [-0.3, -0.25) is 9.69 Å². The van der Waals surface area contributed by atoms with Gasteiger partial charge in [-0.05, 0) is 55.9 Å². The lowest BCUT2D eigenvalue weighted by molar-refractivity contribution is -0.122. The second-order valence-electron chi connectivity index (χ2n) is 7.65. The molecule has 5 nitrogen and oxygen atoms in total. The highest BCUT2D eigenvalue weighted by Crippen LogP contribution is 2.27. The molecule has 1 atom stereocenters. The third kappa shape index (κ3) is 4.34. The summed E-state index contributed by atoms with van der Waals surface area (Å²) in [5, 5.41) is 3.11. The van der Waals surface area contributed by atoms with Crippen LogP contribution in [0.3, 0.4) is 0 Å². The van der Waals surface area contributed by atoms with E-state index in [1.165, 1.54) is 18.5 Å². The fourth-order valence-electron chi connectivity index (χ4n) is 3.72. The average molecular weight is 341 g/mol. The summed E-state index contributed by atoms with van der Waals surface area (Å²) < 4.78 is 8.05. The number of hydrogen-bond acceptors (Lipinski definition) is 3. The van der Waals surface area contributed by atoms with E-state index in [2.05, 4.69) is 39.2 Å². The lowest BCUT2D eigenvalue weighted by atomic mass is 10.0. The van der Waals surface area contributed by atoms with Crippen LogP contribution in [0.15, 0.2) is 34.9 Å². The standard InChI is InChI=1S/C20H27N3O2/c1-15-4-7-19(25-15)14-22-11-17(9-20(24)21-10-16-5-6-16)12-23-8-2-3-18(23)13-22/h2-4,7-8,16-17H,5-6,9-14H2,1H3,(H,21,24)/t17-/m0/s1. The summed E-state index contributed by atoms with van der Waals surface area (Å²) in [7, 11) is 0. The number of carbonyl (C=O) groups is 1. The number of rotatable bonds is 6. The predicted molar refractivity (Wildman–Crippen MR) is 95.8 cm³/mol. The average Bonchev–Trinajstić information content (AvgIpc) is 3.22. The van der Waals surface area contributed by atoms with Crippen molar-refractivity contribution in [1.29, 1.82) is 0 Å². The first-order valence-electron chi connectivity index (χ1n) is 9.34. The van der Waals surface area contributed by atoms with E-state index in [9.17, 15) is 4.79 Å². The zero-order valence-corrected chi connectivity index (χ0v) is 14.9. The largest absolute Gasteiger partial charge is 0.465 e. The molecular formula is C20H27N3O2. The molecule has 1 fully saturated rings. The number of aromatic nitrogens is 1. The first-order chi connectivity index (χ1) is 12.2. The van der Waals surface area contributed by atoms with Crippen LogP contribution in [0.5, 0.6) is 0 Å². The van der Waals surface area contributed by atoms with Gasteiger partial charge in [0.2, 0.25) is 5.91 Å². The van der Waals surface area contributed by atoms with Crippen LogP contribution in [0.25, 0.3) is 0 Å². The molecule has 1 saturated carbocycles. The van der Waals surface area contributed by atoms with Crippen LogP contribution in [0.1, 0.15) is 36.5 Å². The molecule has 0 radical (unpaired) electrons. The van der Waals surface area contributed by atoms with Gasteiger partial charge in [0.1, 0.15) is 11.5 Å². The van der Waals surface area contributed by atoms with Crippen LogP contribution in [-0.4, -0.2) is 28.5 Å². The van der Waals surface area contributed by atoms with Crippen molar-refractivity contribution >= 4 is 5.91 Å². The molecule has 2 aromatic heterocycles. The molecule has 0 aromatic carbocycles. The number of nitrogens with zero attached hydrogens (tertiary/aromatic N) is 2. The van der Waals surface area contributed by atoms with Gasteiger partial charge < -0.3 is 14.3 Å². The number of amides is 1. The SMILES string of the molecule is Cc1ccc(CN2Cc3cccn3C[C@@H](CC(=O)NCC3CC3)C2)o1. The Balaban J connectivity index is 1.41. The van der Waals surface area contributed by atoms with Crippen LogP contribution >= 0.6 is 0 Å². The van der Waals surface area contributed by atoms with E-state index in [1.54, 1.807) is 0 Å². The number of aryl methyl sites for hydroxylation is 1. The van der Waals surface area contributed by atoms with Crippen molar-refractivity contribution in [2.75, 3.05) is 13.1 Å². The van der Waals surface area contributed by atoms with Crippen molar-refractivity contribution < 1.29 is 9.21 Å². The number of fused-ring (bicyclic) bond motifs is 1. The maximum atomic E-state index is 12.3. The second kappa shape index (κ2) is 7.08. The van der Waals surface area contributed by atoms with E-state index in [4.69, 9.17) is 4.42 Å². The van der Waals surface area contributed by atoms with Crippen molar-refractivity contribution in [3.05, 3.63) is 47.7 Å². The Kier molecular flexibility index (Phi) is 4.66. The maximum absolute atomic E-state index is 12.3. The van der Waals surface area contributed by atoms with Crippen molar-refractivity contribution in [1.82, 2.24) is 14.8 Å². The lowest BCUT2D eigenvalue weighted by Crippen LogP contribution is -2.33. The fourth-order valence-corrected chi connectivity index (χ4v) is 3.72. The molecule has 1 aliphatic heterocycles. The minimum Gasteiger partial charge on any atom is -0.465 e. The Bertz CT molecular complexity index is 729. The first kappa shape index (κ1) is 16.5. The molecule has 5 heteroatoms. The number of nitrogens with one attached hydrogen (secondary N) is 1. The quantitative estimate of drug-likeness (QED) is 0.879. The molecule has 2 aromatic rings. The Morgan fingerprint density at radius 1 is 1.24 bits per heavy atom. The van der Waals surface area contributed by atoms with Crippen molar-refractivity contribution in [2.45, 2.75) is 45.8 Å². The zero-order valence-electron chi connectivity index (χ0n) is 14.9. The van der Waals surface area contributed by atoms with E-state index in [0.717, 1.165) is 50.2 Å². The summed E-state index contributed by atoms with van der Waals surface area (Å²) in [5.41, 5.74) is 1.31. The number of carbonyl (C=O) groups excluding carboxylic acids is 1. The molecule has 0 spiro atoms. The molecule has 0 unspecified atom stereocenters. The Morgan fingerprint density at radius 3 is 2.88 bits per heavy atom. The third-order valence-electron chi connectivity index (χ3n) is 5.21. The fraction of sp³-hybridized carbons (Fsp3) is 0.550. The third-order valence-corrected chi connectivity index (χ3v) is 5.21. The molecule has 0 saturated heterocycles. The van der Waals surface area contributed by atoms with Gasteiger partial charge in [0, 0.05) is 44.5 Å². The zero-order chi connectivity index (χ0) is 17.2. The second-order valence-corrected chi connectivity index (χ2v) is 7.65. The molecule has 1 N–H and O–H groups in total. The van der Waals surface area contributed by atoms with Crippen molar-refractivity contribution in [3.8, 4) is 0 Å². The van der Waals surface area contributed by atoms with Gasteiger partial charge in [0.05, 0.1) is 6.54 Å². The molecule has 3 heterocycles. The van der Waals surface area contributed by atoms with Gasteiger partial charge in [0.25, 0.3) is 0 Å². The van der Waals surface area contributed by atoms with Gasteiger partial charge in [-0.1, -0.05) is 0 Å². The lowest BCUT2D eigenvalue weighted by Gasteiger charge is -2.23. The number of hydrogen-bond donors (Lipinski definition) is 1. The van der Waals surface area contributed by atoms with Gasteiger partial charge in [0.15, 0.2) is 0 Å². The Hall–Kier alpha value is -2.01. The van der Waals surface area contributed by atoms with Gasteiger partial charge in [-0.15, -0.1) is 0 Å². The van der Waals surface area contributed by atoms with Crippen LogP contribution in [0, 0.1) is 18.8 Å². The van der Waals surface area contributed by atoms with Crippen LogP contribution in [0.4, 0.5) is 0 Å². The smallest absolute Gasteiger partial charge is 0.220 e. The van der Waals surface area contributed by atoms with E-state index in [0.29, 0.717) is 12.3 Å². The summed E-state index contributed by atoms with van der Waals surface area (Å²) in [4.78, 5) is 14.7. The monoisotopic (exact) mass is 341 g/mol. The predicted octanol–water partition coefficient (Wildman–Crippen LogP) is 2.94. The van der Waals surface area contributed by atoms with E-state index in [-0.39, 0.29) is 5.91 Å². The maximum Gasteiger partial charge on any atom is 0.220 e. The van der Waals surface area contributed by atoms with Crippen molar-refractivity contribution in [2.24, 2.45) is 11.8 Å². The highest BCUT2D eigenvalue weighted by molar-refractivity contribution is 5.76. The molecule has 1 amide bonds. The highest BCUT2D eigenvalue weighted by atomic mass is 16.3. The molecular weight excluding hydrogens is 314 g/mol. The first-order valence-corrected chi connectivity index (χ1v) is 9.34. The number of furan rings is 1. The molecule has 1 aliphatic carbocycles. The molecule has 25 heavy (non-hydrogen) atoms. The summed E-state index contributed by atoms with van der Waals surface area (Å²) in [5.74, 6) is 3.19. The summed E-state index contributed by atoms with van der Waals surface area (Å²) in [6.45, 7) is 6.34. The van der Waals surface area contributed by atoms with Gasteiger partial charge >= 0.3 is 0 Å². The minimum atomic E-state index is 0.196. The highest BCUT2D eigenvalue weighted by Gasteiger charge is 2.26. The summed E-state index contributed by atoms with van der Waals surface area (Å²) >= 11 is 0. The van der Waals surface area contributed by atoms with Crippen LogP contribution in [-0.2, 0) is 24.4 Å². The van der Waals surface area contributed by atoms with Gasteiger partial charge in [-0.25, -0.2) is 0 Å². The Labute approximate surface area is 149 Å². The van der Waals surface area contributed by atoms with Crippen LogP contribution < -0.4 is 5.32 Å². The molecule has 134 valence electrons.